The molecule has 3 aromatic rings. The van der Waals surface area contributed by atoms with Crippen LogP contribution in [0.15, 0.2) is 48.5 Å². The Kier molecular flexibility index (Phi) is 4.11. The molecule has 3 rings (SSSR count). The van der Waals surface area contributed by atoms with Crippen molar-refractivity contribution in [3.05, 3.63) is 59.9 Å². The second-order valence-corrected chi connectivity index (χ2v) is 5.40. The molecular formula is C18H20N2O2. The SMILES string of the molecule is Cc1ccccc1OCCn1c([C@H](C)O)nc2ccccc21. The Morgan fingerprint density at radius 2 is 1.86 bits per heavy atom. The third-order valence-corrected chi connectivity index (χ3v) is 3.72. The van der Waals surface area contributed by atoms with E-state index in [0.29, 0.717) is 19.0 Å². The summed E-state index contributed by atoms with van der Waals surface area (Å²) in [5.74, 6) is 1.57. The lowest BCUT2D eigenvalue weighted by Crippen LogP contribution is -2.13. The fourth-order valence-electron chi connectivity index (χ4n) is 2.61. The highest BCUT2D eigenvalue weighted by Crippen LogP contribution is 2.21. The molecule has 0 fully saturated rings. The van der Waals surface area contributed by atoms with Crippen LogP contribution in [0.4, 0.5) is 0 Å². The molecule has 0 aliphatic rings. The summed E-state index contributed by atoms with van der Waals surface area (Å²) < 4.78 is 7.89. The molecule has 0 spiro atoms. The molecule has 0 amide bonds. The van der Waals surface area contributed by atoms with Crippen LogP contribution < -0.4 is 4.74 Å². The Bertz CT molecular complexity index is 778. The number of aryl methyl sites for hydroxylation is 1. The number of imidazole rings is 1. The Balaban J connectivity index is 1.81. The van der Waals surface area contributed by atoms with Gasteiger partial charge in [-0.05, 0) is 37.6 Å². The van der Waals surface area contributed by atoms with Gasteiger partial charge in [-0.1, -0.05) is 30.3 Å². The number of aliphatic hydroxyl groups excluding tert-OH is 1. The molecule has 1 aromatic heterocycles. The standard InChI is InChI=1S/C18H20N2O2/c1-13-7-3-6-10-17(13)22-12-11-20-16-9-5-4-8-15(16)19-18(20)14(2)21/h3-10,14,21H,11-12H2,1-2H3/t14-/m0/s1. The molecule has 4 nitrogen and oxygen atoms in total. The third-order valence-electron chi connectivity index (χ3n) is 3.72. The highest BCUT2D eigenvalue weighted by molar-refractivity contribution is 5.76. The predicted molar refractivity (Wildman–Crippen MR) is 87.0 cm³/mol. The lowest BCUT2D eigenvalue weighted by atomic mass is 10.2. The van der Waals surface area contributed by atoms with Gasteiger partial charge in [-0.2, -0.15) is 0 Å². The largest absolute Gasteiger partial charge is 0.491 e. The van der Waals surface area contributed by atoms with Crippen LogP contribution in [0.2, 0.25) is 0 Å². The summed E-state index contributed by atoms with van der Waals surface area (Å²) in [5, 5.41) is 9.94. The van der Waals surface area contributed by atoms with E-state index in [2.05, 4.69) is 4.98 Å². The first-order valence-electron chi connectivity index (χ1n) is 7.48. The molecule has 2 aromatic carbocycles. The number of para-hydroxylation sites is 3. The number of aromatic nitrogens is 2. The second kappa shape index (κ2) is 6.20. The van der Waals surface area contributed by atoms with Crippen LogP contribution in [0.3, 0.4) is 0 Å². The van der Waals surface area contributed by atoms with E-state index in [1.54, 1.807) is 6.92 Å². The number of ether oxygens (including phenoxy) is 1. The minimum Gasteiger partial charge on any atom is -0.491 e. The van der Waals surface area contributed by atoms with Crippen LogP contribution in [0.1, 0.15) is 24.4 Å². The zero-order valence-corrected chi connectivity index (χ0v) is 12.9. The van der Waals surface area contributed by atoms with Gasteiger partial charge in [0.2, 0.25) is 0 Å². The van der Waals surface area contributed by atoms with Crippen LogP contribution in [0.5, 0.6) is 5.75 Å². The molecule has 22 heavy (non-hydrogen) atoms. The summed E-state index contributed by atoms with van der Waals surface area (Å²) in [6, 6.07) is 15.9. The van der Waals surface area contributed by atoms with Crippen LogP contribution in [-0.2, 0) is 6.54 Å². The van der Waals surface area contributed by atoms with Gasteiger partial charge in [-0.15, -0.1) is 0 Å². The molecule has 0 aliphatic heterocycles. The van der Waals surface area contributed by atoms with Crippen molar-refractivity contribution in [2.24, 2.45) is 0 Å². The number of nitrogens with zero attached hydrogens (tertiary/aromatic N) is 2. The fraction of sp³-hybridized carbons (Fsp3) is 0.278. The molecule has 0 radical (unpaired) electrons. The summed E-state index contributed by atoms with van der Waals surface area (Å²) in [6.45, 7) is 4.95. The van der Waals surface area contributed by atoms with E-state index in [1.165, 1.54) is 0 Å². The van der Waals surface area contributed by atoms with E-state index in [0.717, 1.165) is 22.3 Å². The van der Waals surface area contributed by atoms with Crippen molar-refractivity contribution in [3.63, 3.8) is 0 Å². The summed E-state index contributed by atoms with van der Waals surface area (Å²) in [5.41, 5.74) is 3.04. The van der Waals surface area contributed by atoms with Gasteiger partial charge in [0.05, 0.1) is 17.6 Å². The Hall–Kier alpha value is -2.33. The highest BCUT2D eigenvalue weighted by Gasteiger charge is 2.14. The van der Waals surface area contributed by atoms with E-state index in [1.807, 2.05) is 60.0 Å². The number of benzene rings is 2. The smallest absolute Gasteiger partial charge is 0.138 e. The van der Waals surface area contributed by atoms with E-state index in [4.69, 9.17) is 4.74 Å². The van der Waals surface area contributed by atoms with Gasteiger partial charge in [0.1, 0.15) is 24.3 Å². The van der Waals surface area contributed by atoms with Crippen molar-refractivity contribution in [2.75, 3.05) is 6.61 Å². The number of aliphatic hydroxyl groups is 1. The molecular weight excluding hydrogens is 276 g/mol. The summed E-state index contributed by atoms with van der Waals surface area (Å²) in [4.78, 5) is 4.51. The van der Waals surface area contributed by atoms with Crippen molar-refractivity contribution < 1.29 is 9.84 Å². The molecule has 0 bridgehead atoms. The quantitative estimate of drug-likeness (QED) is 0.784. The highest BCUT2D eigenvalue weighted by atomic mass is 16.5. The molecule has 4 heteroatoms. The molecule has 0 saturated carbocycles. The topological polar surface area (TPSA) is 47.3 Å². The van der Waals surface area contributed by atoms with Gasteiger partial charge in [-0.25, -0.2) is 4.98 Å². The molecule has 1 heterocycles. The number of hydrogen-bond donors (Lipinski definition) is 1. The van der Waals surface area contributed by atoms with Crippen molar-refractivity contribution in [2.45, 2.75) is 26.5 Å². The lowest BCUT2D eigenvalue weighted by molar-refractivity contribution is 0.181. The van der Waals surface area contributed by atoms with Crippen LogP contribution in [0, 0.1) is 6.92 Å². The average molecular weight is 296 g/mol. The third kappa shape index (κ3) is 2.83. The monoisotopic (exact) mass is 296 g/mol. The maximum absolute atomic E-state index is 9.94. The van der Waals surface area contributed by atoms with Gasteiger partial charge in [0.15, 0.2) is 0 Å². The van der Waals surface area contributed by atoms with E-state index < -0.39 is 6.10 Å². The molecule has 1 N–H and O–H groups in total. The van der Waals surface area contributed by atoms with Gasteiger partial charge >= 0.3 is 0 Å². The van der Waals surface area contributed by atoms with Crippen molar-refractivity contribution in [1.29, 1.82) is 0 Å². The Morgan fingerprint density at radius 3 is 2.64 bits per heavy atom. The minimum atomic E-state index is -0.606. The van der Waals surface area contributed by atoms with Crippen LogP contribution in [-0.4, -0.2) is 21.3 Å². The van der Waals surface area contributed by atoms with Crippen LogP contribution in [0.25, 0.3) is 11.0 Å². The first-order valence-corrected chi connectivity index (χ1v) is 7.48. The number of fused-ring (bicyclic) bond motifs is 1. The summed E-state index contributed by atoms with van der Waals surface area (Å²) in [6.07, 6.45) is -0.606. The molecule has 0 unspecified atom stereocenters. The number of rotatable bonds is 5. The zero-order chi connectivity index (χ0) is 15.5. The van der Waals surface area contributed by atoms with E-state index >= 15 is 0 Å². The average Bonchev–Trinajstić information content (AvgIpc) is 2.88. The lowest BCUT2D eigenvalue weighted by Gasteiger charge is -2.13. The van der Waals surface area contributed by atoms with Crippen molar-refractivity contribution in [3.8, 4) is 5.75 Å². The molecule has 114 valence electrons. The Labute approximate surface area is 130 Å². The first kappa shape index (κ1) is 14.6. The maximum atomic E-state index is 9.94. The maximum Gasteiger partial charge on any atom is 0.138 e. The zero-order valence-electron chi connectivity index (χ0n) is 12.9. The van der Waals surface area contributed by atoms with Crippen LogP contribution >= 0.6 is 0 Å². The molecule has 0 aliphatic carbocycles. The molecule has 1 atom stereocenters. The van der Waals surface area contributed by atoms with Gasteiger partial charge < -0.3 is 14.4 Å². The first-order chi connectivity index (χ1) is 10.7. The van der Waals surface area contributed by atoms with Gasteiger partial charge in [0.25, 0.3) is 0 Å². The normalized spacial score (nSPS) is 12.5. The predicted octanol–water partition coefficient (Wildman–Crippen LogP) is 3.48. The van der Waals surface area contributed by atoms with Gasteiger partial charge in [0, 0.05) is 0 Å². The van der Waals surface area contributed by atoms with Gasteiger partial charge in [-0.3, -0.25) is 0 Å². The minimum absolute atomic E-state index is 0.533. The summed E-state index contributed by atoms with van der Waals surface area (Å²) in [7, 11) is 0. The number of hydrogen-bond acceptors (Lipinski definition) is 3. The van der Waals surface area contributed by atoms with E-state index in [9.17, 15) is 5.11 Å². The second-order valence-electron chi connectivity index (χ2n) is 5.40. The Morgan fingerprint density at radius 1 is 1.14 bits per heavy atom. The van der Waals surface area contributed by atoms with Crippen molar-refractivity contribution >= 4 is 11.0 Å². The van der Waals surface area contributed by atoms with E-state index in [-0.39, 0.29) is 0 Å². The van der Waals surface area contributed by atoms with Crippen molar-refractivity contribution in [1.82, 2.24) is 9.55 Å². The summed E-state index contributed by atoms with van der Waals surface area (Å²) >= 11 is 0. The fourth-order valence-corrected chi connectivity index (χ4v) is 2.61. The molecule has 0 saturated heterocycles.